The molecule has 0 aliphatic heterocycles. The molecule has 0 radical (unpaired) electrons. The minimum Gasteiger partial charge on any atom is -0.400 e. The van der Waals surface area contributed by atoms with E-state index in [1.54, 1.807) is 12.1 Å². The van der Waals surface area contributed by atoms with E-state index >= 15 is 0 Å². The number of hydrogen-bond acceptors (Lipinski definition) is 2. The summed E-state index contributed by atoms with van der Waals surface area (Å²) in [6, 6.07) is 18.9. The van der Waals surface area contributed by atoms with Crippen LogP contribution in [0.3, 0.4) is 0 Å². The summed E-state index contributed by atoms with van der Waals surface area (Å²) in [5.74, 6) is 1.05. The van der Waals surface area contributed by atoms with Crippen molar-refractivity contribution < 1.29 is 8.39 Å². The maximum atomic E-state index is 11.7. The van der Waals surface area contributed by atoms with Crippen LogP contribution in [0, 0.1) is 0 Å². The molecule has 1 atom stereocenters. The number of benzene rings is 2. The van der Waals surface area contributed by atoms with Crippen LogP contribution in [0.25, 0.3) is 0 Å². The van der Waals surface area contributed by atoms with Gasteiger partial charge in [-0.05, 0) is 17.7 Å². The molecule has 16 heavy (non-hydrogen) atoms. The Kier molecular flexibility index (Phi) is 3.72. The van der Waals surface area contributed by atoms with E-state index in [4.69, 9.17) is 4.18 Å². The van der Waals surface area contributed by atoms with Gasteiger partial charge >= 0.3 is 0 Å². The molecule has 3 heteroatoms. The van der Waals surface area contributed by atoms with Gasteiger partial charge < -0.3 is 4.18 Å². The highest BCUT2D eigenvalue weighted by Crippen LogP contribution is 2.12. The molecule has 2 rings (SSSR count). The molecule has 0 N–H and O–H groups in total. The van der Waals surface area contributed by atoms with Crippen LogP contribution >= 0.6 is 0 Å². The molecule has 2 aromatic carbocycles. The van der Waals surface area contributed by atoms with Crippen molar-refractivity contribution >= 4 is 11.1 Å². The van der Waals surface area contributed by atoms with E-state index in [-0.39, 0.29) is 0 Å². The fourth-order valence-corrected chi connectivity index (χ4v) is 2.17. The molecule has 82 valence electrons. The van der Waals surface area contributed by atoms with Crippen LogP contribution < -0.4 is 4.18 Å². The predicted molar refractivity (Wildman–Crippen MR) is 65.4 cm³/mol. The second kappa shape index (κ2) is 5.47. The van der Waals surface area contributed by atoms with Crippen molar-refractivity contribution in [2.75, 3.05) is 0 Å². The monoisotopic (exact) mass is 232 g/mol. The van der Waals surface area contributed by atoms with Gasteiger partial charge in [0.05, 0.1) is 5.75 Å². The summed E-state index contributed by atoms with van der Waals surface area (Å²) in [4.78, 5) is 0. The van der Waals surface area contributed by atoms with Gasteiger partial charge in [-0.25, -0.2) is 4.21 Å². The molecule has 0 heterocycles. The summed E-state index contributed by atoms with van der Waals surface area (Å²) < 4.78 is 17.0. The van der Waals surface area contributed by atoms with E-state index in [0.29, 0.717) is 11.5 Å². The Morgan fingerprint density at radius 1 is 0.875 bits per heavy atom. The topological polar surface area (TPSA) is 26.3 Å². The lowest BCUT2D eigenvalue weighted by molar-refractivity contribution is 0.561. The van der Waals surface area contributed by atoms with E-state index in [0.717, 1.165) is 5.56 Å². The molecular formula is C13H12O2S. The van der Waals surface area contributed by atoms with Crippen LogP contribution in [0.5, 0.6) is 5.75 Å². The van der Waals surface area contributed by atoms with Gasteiger partial charge in [-0.2, -0.15) is 0 Å². The molecule has 0 amide bonds. The minimum atomic E-state index is -1.32. The lowest BCUT2D eigenvalue weighted by atomic mass is 10.2. The zero-order chi connectivity index (χ0) is 11.2. The average Bonchev–Trinajstić information content (AvgIpc) is 2.31. The summed E-state index contributed by atoms with van der Waals surface area (Å²) in [7, 11) is 0. The molecule has 0 bridgehead atoms. The van der Waals surface area contributed by atoms with Crippen molar-refractivity contribution in [1.29, 1.82) is 0 Å². The first-order chi connectivity index (χ1) is 7.84. The highest BCUT2D eigenvalue weighted by Gasteiger charge is 2.03. The van der Waals surface area contributed by atoms with Crippen LogP contribution in [0.15, 0.2) is 60.7 Å². The first-order valence-electron chi connectivity index (χ1n) is 5.00. The summed E-state index contributed by atoms with van der Waals surface area (Å²) in [5, 5.41) is 0. The van der Waals surface area contributed by atoms with Crippen molar-refractivity contribution in [2.45, 2.75) is 5.75 Å². The number of para-hydroxylation sites is 1. The zero-order valence-electron chi connectivity index (χ0n) is 8.71. The third kappa shape index (κ3) is 3.21. The van der Waals surface area contributed by atoms with E-state index in [2.05, 4.69) is 0 Å². The fraction of sp³-hybridized carbons (Fsp3) is 0.0769. The molecule has 0 aliphatic carbocycles. The van der Waals surface area contributed by atoms with Crippen molar-refractivity contribution in [2.24, 2.45) is 0 Å². The normalized spacial score (nSPS) is 12.0. The molecule has 2 nitrogen and oxygen atoms in total. The Bertz CT molecular complexity index is 410. The predicted octanol–water partition coefficient (Wildman–Crippen LogP) is 2.93. The lowest BCUT2D eigenvalue weighted by Gasteiger charge is -2.04. The third-order valence-electron chi connectivity index (χ3n) is 2.06. The fourth-order valence-electron chi connectivity index (χ4n) is 1.32. The molecule has 0 aliphatic rings. The largest absolute Gasteiger partial charge is 0.400 e. The van der Waals surface area contributed by atoms with Gasteiger partial charge in [-0.1, -0.05) is 48.5 Å². The molecule has 2 aromatic rings. The van der Waals surface area contributed by atoms with Crippen LogP contribution in [-0.4, -0.2) is 4.21 Å². The van der Waals surface area contributed by atoms with Crippen LogP contribution in [0.2, 0.25) is 0 Å². The molecule has 1 unspecified atom stereocenters. The Morgan fingerprint density at radius 3 is 2.06 bits per heavy atom. The van der Waals surface area contributed by atoms with Gasteiger partial charge in [0.25, 0.3) is 0 Å². The zero-order valence-corrected chi connectivity index (χ0v) is 9.52. The van der Waals surface area contributed by atoms with E-state index in [1.165, 1.54) is 0 Å². The summed E-state index contributed by atoms with van der Waals surface area (Å²) >= 11 is -1.32. The minimum absolute atomic E-state index is 0.412. The summed E-state index contributed by atoms with van der Waals surface area (Å²) in [6.45, 7) is 0. The summed E-state index contributed by atoms with van der Waals surface area (Å²) in [5.41, 5.74) is 1.01. The maximum Gasteiger partial charge on any atom is 0.211 e. The molecule has 0 saturated heterocycles. The highest BCUT2D eigenvalue weighted by atomic mass is 32.2. The Labute approximate surface area is 97.6 Å². The van der Waals surface area contributed by atoms with Crippen molar-refractivity contribution in [3.63, 3.8) is 0 Å². The highest BCUT2D eigenvalue weighted by molar-refractivity contribution is 7.79. The molecular weight excluding hydrogens is 220 g/mol. The van der Waals surface area contributed by atoms with Gasteiger partial charge in [-0.15, -0.1) is 0 Å². The first-order valence-corrected chi connectivity index (χ1v) is 6.25. The van der Waals surface area contributed by atoms with E-state index in [9.17, 15) is 4.21 Å². The quantitative estimate of drug-likeness (QED) is 0.810. The molecule has 0 aromatic heterocycles. The van der Waals surface area contributed by atoms with Crippen LogP contribution in [0.4, 0.5) is 0 Å². The molecule has 0 saturated carbocycles. The second-order valence-electron chi connectivity index (χ2n) is 3.33. The SMILES string of the molecule is O=S(Cc1ccccc1)Oc1ccccc1. The molecule has 0 fully saturated rings. The standard InChI is InChI=1S/C13H12O2S/c14-16(11-12-7-3-1-4-8-12)15-13-9-5-2-6-10-13/h1-10H,11H2. The Balaban J connectivity index is 1.95. The third-order valence-corrected chi connectivity index (χ3v) is 3.01. The first kappa shape index (κ1) is 10.9. The van der Waals surface area contributed by atoms with Gasteiger partial charge in [0.2, 0.25) is 11.1 Å². The maximum absolute atomic E-state index is 11.7. The van der Waals surface area contributed by atoms with Crippen LogP contribution in [-0.2, 0) is 16.8 Å². The molecule has 0 spiro atoms. The van der Waals surface area contributed by atoms with Crippen molar-refractivity contribution in [3.05, 3.63) is 66.2 Å². The lowest BCUT2D eigenvalue weighted by Crippen LogP contribution is -2.03. The smallest absolute Gasteiger partial charge is 0.211 e. The van der Waals surface area contributed by atoms with Crippen molar-refractivity contribution in [3.8, 4) is 5.75 Å². The van der Waals surface area contributed by atoms with E-state index in [1.807, 2.05) is 48.5 Å². The van der Waals surface area contributed by atoms with Crippen LogP contribution in [0.1, 0.15) is 5.56 Å². The Hall–Kier alpha value is -1.61. The Morgan fingerprint density at radius 2 is 1.44 bits per heavy atom. The number of rotatable bonds is 4. The number of hydrogen-bond donors (Lipinski definition) is 0. The summed E-state index contributed by atoms with van der Waals surface area (Å²) in [6.07, 6.45) is 0. The van der Waals surface area contributed by atoms with Gasteiger partial charge in [0.1, 0.15) is 5.75 Å². The van der Waals surface area contributed by atoms with Gasteiger partial charge in [-0.3, -0.25) is 0 Å². The van der Waals surface area contributed by atoms with E-state index < -0.39 is 11.1 Å². The van der Waals surface area contributed by atoms with Gasteiger partial charge in [0.15, 0.2) is 0 Å². The second-order valence-corrected chi connectivity index (χ2v) is 4.39. The van der Waals surface area contributed by atoms with Gasteiger partial charge in [0, 0.05) is 0 Å². The average molecular weight is 232 g/mol. The van der Waals surface area contributed by atoms with Crippen molar-refractivity contribution in [1.82, 2.24) is 0 Å².